The van der Waals surface area contributed by atoms with Gasteiger partial charge in [-0.05, 0) is 83.5 Å². The second-order valence-electron chi connectivity index (χ2n) is 17.1. The smallest absolute Gasteiger partial charge is 0.306 e. The van der Waals surface area contributed by atoms with Gasteiger partial charge in [-0.2, -0.15) is 0 Å². The molecule has 6 heteroatoms. The van der Waals surface area contributed by atoms with Gasteiger partial charge in [0, 0.05) is 19.3 Å². The molecular weight excluding hydrogens is 757 g/mol. The van der Waals surface area contributed by atoms with E-state index in [1.807, 2.05) is 0 Å². The topological polar surface area (TPSA) is 78.9 Å². The van der Waals surface area contributed by atoms with Gasteiger partial charge in [0.25, 0.3) is 0 Å². The predicted molar refractivity (Wildman–Crippen MR) is 261 cm³/mol. The highest BCUT2D eigenvalue weighted by molar-refractivity contribution is 5.71. The zero-order chi connectivity index (χ0) is 44.4. The van der Waals surface area contributed by atoms with Gasteiger partial charge in [0.05, 0.1) is 0 Å². The highest BCUT2D eigenvalue weighted by atomic mass is 16.6. The van der Waals surface area contributed by atoms with Crippen LogP contribution in [0.2, 0.25) is 0 Å². The van der Waals surface area contributed by atoms with E-state index >= 15 is 0 Å². The van der Waals surface area contributed by atoms with E-state index in [1.54, 1.807) is 0 Å². The first kappa shape index (κ1) is 58.1. The number of hydrogen-bond acceptors (Lipinski definition) is 6. The normalized spacial score (nSPS) is 12.5. The number of hydrogen-bond donors (Lipinski definition) is 0. The van der Waals surface area contributed by atoms with Gasteiger partial charge in [-0.3, -0.25) is 14.4 Å². The maximum absolute atomic E-state index is 12.8. The van der Waals surface area contributed by atoms with Crippen molar-refractivity contribution in [3.8, 4) is 0 Å². The van der Waals surface area contributed by atoms with E-state index in [9.17, 15) is 14.4 Å². The fourth-order valence-corrected chi connectivity index (χ4v) is 7.13. The first-order chi connectivity index (χ1) is 30.0. The van der Waals surface area contributed by atoms with Gasteiger partial charge in [0.1, 0.15) is 13.2 Å². The third-order valence-corrected chi connectivity index (χ3v) is 11.0. The summed E-state index contributed by atoms with van der Waals surface area (Å²) in [5.41, 5.74) is 0. The fourth-order valence-electron chi connectivity index (χ4n) is 7.13. The first-order valence-electron chi connectivity index (χ1n) is 25.8. The number of carbonyl (C=O) groups is 3. The monoisotopic (exact) mass is 853 g/mol. The molecule has 0 bridgehead atoms. The van der Waals surface area contributed by atoms with Crippen LogP contribution in [-0.2, 0) is 28.6 Å². The summed E-state index contributed by atoms with van der Waals surface area (Å²) in [6.07, 6.45) is 60.5. The van der Waals surface area contributed by atoms with Crippen molar-refractivity contribution >= 4 is 17.9 Å². The Morgan fingerprint density at radius 3 is 1.03 bits per heavy atom. The van der Waals surface area contributed by atoms with Gasteiger partial charge in [-0.25, -0.2) is 0 Å². The van der Waals surface area contributed by atoms with Crippen LogP contribution in [0, 0.1) is 0 Å². The molecular formula is C55H96O6. The molecule has 352 valence electrons. The van der Waals surface area contributed by atoms with Crippen LogP contribution >= 0.6 is 0 Å². The Balaban J connectivity index is 4.37. The summed E-state index contributed by atoms with van der Waals surface area (Å²) in [5, 5.41) is 0. The third kappa shape index (κ3) is 48.0. The van der Waals surface area contributed by atoms with Crippen molar-refractivity contribution in [3.05, 3.63) is 60.8 Å². The van der Waals surface area contributed by atoms with Gasteiger partial charge < -0.3 is 14.2 Å². The van der Waals surface area contributed by atoms with Crippen molar-refractivity contribution in [2.24, 2.45) is 0 Å². The largest absolute Gasteiger partial charge is 0.462 e. The van der Waals surface area contributed by atoms with Crippen LogP contribution in [0.15, 0.2) is 60.8 Å². The Kier molecular flexibility index (Phi) is 47.4. The van der Waals surface area contributed by atoms with Gasteiger partial charge >= 0.3 is 17.9 Å². The summed E-state index contributed by atoms with van der Waals surface area (Å²) in [4.78, 5) is 37.9. The predicted octanol–water partition coefficient (Wildman–Crippen LogP) is 16.9. The summed E-state index contributed by atoms with van der Waals surface area (Å²) in [6, 6.07) is 0. The van der Waals surface area contributed by atoms with Crippen LogP contribution in [0.1, 0.15) is 252 Å². The number of rotatable bonds is 46. The summed E-state index contributed by atoms with van der Waals surface area (Å²) in [5.74, 6) is -0.903. The van der Waals surface area contributed by atoms with Crippen LogP contribution in [0.25, 0.3) is 0 Å². The summed E-state index contributed by atoms with van der Waals surface area (Å²) in [7, 11) is 0. The average molecular weight is 853 g/mol. The molecule has 0 rings (SSSR count). The average Bonchev–Trinajstić information content (AvgIpc) is 3.26. The van der Waals surface area contributed by atoms with E-state index < -0.39 is 6.10 Å². The first-order valence-corrected chi connectivity index (χ1v) is 25.8. The molecule has 1 atom stereocenters. The quantitative estimate of drug-likeness (QED) is 0.0263. The summed E-state index contributed by atoms with van der Waals surface area (Å²) in [6.45, 7) is 6.48. The molecule has 0 aromatic rings. The lowest BCUT2D eigenvalue weighted by atomic mass is 10.1. The molecule has 0 aliphatic rings. The Bertz CT molecular complexity index is 1120. The molecule has 0 aliphatic heterocycles. The Hall–Kier alpha value is -2.89. The lowest BCUT2D eigenvalue weighted by Crippen LogP contribution is -2.30. The molecule has 0 amide bonds. The minimum atomic E-state index is -0.781. The molecule has 0 aromatic heterocycles. The van der Waals surface area contributed by atoms with E-state index in [4.69, 9.17) is 14.2 Å². The Morgan fingerprint density at radius 1 is 0.344 bits per heavy atom. The number of ether oxygens (including phenoxy) is 3. The van der Waals surface area contributed by atoms with Crippen molar-refractivity contribution in [3.63, 3.8) is 0 Å². The summed E-state index contributed by atoms with van der Waals surface area (Å²) < 4.78 is 16.8. The highest BCUT2D eigenvalue weighted by Gasteiger charge is 2.19. The zero-order valence-electron chi connectivity index (χ0n) is 40.2. The van der Waals surface area contributed by atoms with E-state index in [2.05, 4.69) is 81.5 Å². The third-order valence-electron chi connectivity index (χ3n) is 11.0. The van der Waals surface area contributed by atoms with Crippen molar-refractivity contribution in [1.29, 1.82) is 0 Å². The Labute approximate surface area is 377 Å². The van der Waals surface area contributed by atoms with Gasteiger partial charge in [-0.1, -0.05) is 210 Å². The van der Waals surface area contributed by atoms with Crippen LogP contribution < -0.4 is 0 Å². The van der Waals surface area contributed by atoms with Gasteiger partial charge in [0.15, 0.2) is 6.10 Å². The van der Waals surface area contributed by atoms with E-state index in [-0.39, 0.29) is 31.1 Å². The molecule has 0 unspecified atom stereocenters. The zero-order valence-corrected chi connectivity index (χ0v) is 40.2. The molecule has 0 N–H and O–H groups in total. The van der Waals surface area contributed by atoms with Crippen molar-refractivity contribution < 1.29 is 28.6 Å². The fraction of sp³-hybridized carbons (Fsp3) is 0.764. The molecule has 0 radical (unpaired) electrons. The minimum absolute atomic E-state index is 0.0825. The molecule has 0 aliphatic carbocycles. The Morgan fingerprint density at radius 2 is 0.639 bits per heavy atom. The second kappa shape index (κ2) is 49.8. The van der Waals surface area contributed by atoms with Crippen LogP contribution in [0.3, 0.4) is 0 Å². The number of carbonyl (C=O) groups excluding carboxylic acids is 3. The summed E-state index contributed by atoms with van der Waals surface area (Å²) >= 11 is 0. The van der Waals surface area contributed by atoms with Crippen LogP contribution in [-0.4, -0.2) is 37.2 Å². The molecule has 61 heavy (non-hydrogen) atoms. The molecule has 0 heterocycles. The van der Waals surface area contributed by atoms with Crippen molar-refractivity contribution in [2.75, 3.05) is 13.2 Å². The molecule has 6 nitrogen and oxygen atoms in total. The van der Waals surface area contributed by atoms with E-state index in [0.717, 1.165) is 109 Å². The highest BCUT2D eigenvalue weighted by Crippen LogP contribution is 2.15. The van der Waals surface area contributed by atoms with E-state index in [0.29, 0.717) is 19.3 Å². The maximum Gasteiger partial charge on any atom is 0.306 e. The van der Waals surface area contributed by atoms with Gasteiger partial charge in [0.2, 0.25) is 0 Å². The SMILES string of the molecule is CC/C=C\C/C=C\C/C=C\CCCCCCCC(=O)OC[C@H](COC(=O)CCCCCCCCC/C=C\C/C=C\CCCCC)OC(=O)CCCCCCCCCCCCC. The number of unbranched alkanes of at least 4 members (excludes halogenated alkanes) is 25. The van der Waals surface area contributed by atoms with E-state index in [1.165, 1.54) is 103 Å². The van der Waals surface area contributed by atoms with Gasteiger partial charge in [-0.15, -0.1) is 0 Å². The minimum Gasteiger partial charge on any atom is -0.462 e. The molecule has 0 saturated carbocycles. The second-order valence-corrected chi connectivity index (χ2v) is 17.1. The van der Waals surface area contributed by atoms with Crippen LogP contribution in [0.4, 0.5) is 0 Å². The van der Waals surface area contributed by atoms with Crippen molar-refractivity contribution in [2.45, 2.75) is 258 Å². The number of allylic oxidation sites excluding steroid dienone is 10. The molecule has 0 aromatic carbocycles. The molecule has 0 fully saturated rings. The standard InChI is InChI=1S/C55H96O6/c1-4-7-10-13-16-19-22-24-26-27-29-31-34-36-39-42-45-48-54(57)60-51-52(61-55(58)49-46-43-40-37-32-21-18-15-12-9-6-3)50-59-53(56)47-44-41-38-35-33-30-28-25-23-20-17-14-11-8-5-2/h8,11,16-17,19-20,24-26,28,52H,4-7,9-10,12-15,18,21-23,27,29-51H2,1-3H3/b11-8-,19-16-,20-17-,26-24-,28-25-/t52-/m1/s1. The molecule has 0 saturated heterocycles. The lowest BCUT2D eigenvalue weighted by molar-refractivity contribution is -0.167. The molecule has 0 spiro atoms. The number of esters is 3. The van der Waals surface area contributed by atoms with Crippen LogP contribution in [0.5, 0.6) is 0 Å². The lowest BCUT2D eigenvalue weighted by Gasteiger charge is -2.18. The maximum atomic E-state index is 12.8. The van der Waals surface area contributed by atoms with Crippen molar-refractivity contribution in [1.82, 2.24) is 0 Å².